The number of rotatable bonds is 5. The number of aliphatic imine (C=N–C) groups is 1. The second kappa shape index (κ2) is 7.66. The summed E-state index contributed by atoms with van der Waals surface area (Å²) in [5.74, 6) is 0.912. The van der Waals surface area contributed by atoms with Gasteiger partial charge in [-0.15, -0.1) is 0 Å². The number of aromatic nitrogens is 2. The fraction of sp³-hybridized carbons (Fsp3) is 0.600. The first-order valence-corrected chi connectivity index (χ1v) is 9.87. The standard InChI is InChI=1S/C20H30N6/c1-15-4-3-11-26-14-17(23-19(15)26)7-10-22-20(21-2)24-16-8-12-25(13-9-16)18-5-6-18/h3-4,11,14,16,18H,5-10,12-13H2,1-2H3,(H2,21,22,24). The lowest BCUT2D eigenvalue weighted by Crippen LogP contribution is -2.49. The second-order valence-electron chi connectivity index (χ2n) is 7.59. The smallest absolute Gasteiger partial charge is 0.191 e. The number of aryl methyl sites for hydroxylation is 1. The molecule has 26 heavy (non-hydrogen) atoms. The number of piperidine rings is 1. The Balaban J connectivity index is 1.24. The van der Waals surface area contributed by atoms with Gasteiger partial charge in [0.1, 0.15) is 5.65 Å². The van der Waals surface area contributed by atoms with Gasteiger partial charge in [-0.2, -0.15) is 0 Å². The summed E-state index contributed by atoms with van der Waals surface area (Å²) in [5.41, 5.74) is 3.37. The molecule has 1 saturated heterocycles. The average Bonchev–Trinajstić information content (AvgIpc) is 3.41. The summed E-state index contributed by atoms with van der Waals surface area (Å²) >= 11 is 0. The fourth-order valence-electron chi connectivity index (χ4n) is 3.87. The van der Waals surface area contributed by atoms with E-state index in [1.54, 1.807) is 0 Å². The summed E-state index contributed by atoms with van der Waals surface area (Å²) in [6.07, 6.45) is 10.3. The van der Waals surface area contributed by atoms with E-state index in [1.807, 2.05) is 7.05 Å². The van der Waals surface area contributed by atoms with Crippen molar-refractivity contribution in [1.82, 2.24) is 24.9 Å². The highest BCUT2D eigenvalue weighted by Crippen LogP contribution is 2.29. The van der Waals surface area contributed by atoms with Gasteiger partial charge in [-0.05, 0) is 44.2 Å². The van der Waals surface area contributed by atoms with E-state index in [0.717, 1.165) is 36.3 Å². The minimum atomic E-state index is 0.536. The van der Waals surface area contributed by atoms with Crippen LogP contribution in [0.2, 0.25) is 0 Å². The molecule has 0 aromatic carbocycles. The number of likely N-dealkylation sites (tertiary alicyclic amines) is 1. The second-order valence-corrected chi connectivity index (χ2v) is 7.59. The highest BCUT2D eigenvalue weighted by Gasteiger charge is 2.31. The molecule has 2 aromatic rings. The van der Waals surface area contributed by atoms with Crippen LogP contribution in [-0.2, 0) is 6.42 Å². The maximum Gasteiger partial charge on any atom is 0.191 e. The van der Waals surface area contributed by atoms with Crippen molar-refractivity contribution in [2.75, 3.05) is 26.7 Å². The van der Waals surface area contributed by atoms with Gasteiger partial charge in [0.25, 0.3) is 0 Å². The molecule has 0 bridgehead atoms. The van der Waals surface area contributed by atoms with E-state index >= 15 is 0 Å². The molecule has 2 aliphatic rings. The van der Waals surface area contributed by atoms with Gasteiger partial charge in [0.2, 0.25) is 0 Å². The number of guanidine groups is 1. The number of hydrogen-bond acceptors (Lipinski definition) is 3. The summed E-state index contributed by atoms with van der Waals surface area (Å²) in [4.78, 5) is 11.8. The van der Waals surface area contributed by atoms with Gasteiger partial charge in [-0.1, -0.05) is 6.07 Å². The van der Waals surface area contributed by atoms with Crippen LogP contribution < -0.4 is 10.6 Å². The van der Waals surface area contributed by atoms with Gasteiger partial charge in [0.05, 0.1) is 5.69 Å². The van der Waals surface area contributed by atoms with Crippen molar-refractivity contribution < 1.29 is 0 Å². The third-order valence-corrected chi connectivity index (χ3v) is 5.56. The van der Waals surface area contributed by atoms with Crippen LogP contribution in [0.1, 0.15) is 36.9 Å². The molecule has 0 atom stereocenters. The predicted octanol–water partition coefficient (Wildman–Crippen LogP) is 1.98. The SMILES string of the molecule is CN=C(NCCc1cn2cccc(C)c2n1)NC1CCN(C2CC2)CC1. The lowest BCUT2D eigenvalue weighted by atomic mass is 10.1. The van der Waals surface area contributed by atoms with Crippen LogP contribution in [0.15, 0.2) is 29.5 Å². The molecule has 0 amide bonds. The molecule has 1 aliphatic carbocycles. The summed E-state index contributed by atoms with van der Waals surface area (Å²) in [5, 5.41) is 7.04. The lowest BCUT2D eigenvalue weighted by molar-refractivity contribution is 0.197. The van der Waals surface area contributed by atoms with Crippen LogP contribution in [-0.4, -0.2) is 59.0 Å². The Morgan fingerprint density at radius 3 is 2.77 bits per heavy atom. The van der Waals surface area contributed by atoms with Gasteiger partial charge >= 0.3 is 0 Å². The maximum absolute atomic E-state index is 4.74. The Bertz CT molecular complexity index is 768. The maximum atomic E-state index is 4.74. The third kappa shape index (κ3) is 4.01. The van der Waals surface area contributed by atoms with E-state index < -0.39 is 0 Å². The third-order valence-electron chi connectivity index (χ3n) is 5.56. The van der Waals surface area contributed by atoms with Crippen LogP contribution in [0, 0.1) is 6.92 Å². The van der Waals surface area contributed by atoms with Crippen molar-refractivity contribution in [3.8, 4) is 0 Å². The van der Waals surface area contributed by atoms with Crippen LogP contribution in [0.25, 0.3) is 5.65 Å². The number of nitrogens with one attached hydrogen (secondary N) is 2. The number of fused-ring (bicyclic) bond motifs is 1. The van der Waals surface area contributed by atoms with Crippen molar-refractivity contribution in [3.05, 3.63) is 35.8 Å². The summed E-state index contributed by atoms with van der Waals surface area (Å²) in [7, 11) is 1.85. The molecule has 1 saturated carbocycles. The fourth-order valence-corrected chi connectivity index (χ4v) is 3.87. The summed E-state index contributed by atoms with van der Waals surface area (Å²) in [6.45, 7) is 5.38. The highest BCUT2D eigenvalue weighted by atomic mass is 15.2. The molecule has 4 rings (SSSR count). The van der Waals surface area contributed by atoms with Crippen molar-refractivity contribution >= 4 is 11.6 Å². The van der Waals surface area contributed by atoms with Crippen LogP contribution >= 0.6 is 0 Å². The van der Waals surface area contributed by atoms with E-state index in [4.69, 9.17) is 4.98 Å². The first kappa shape index (κ1) is 17.3. The molecule has 0 unspecified atom stereocenters. The summed E-state index contributed by atoms with van der Waals surface area (Å²) in [6, 6.07) is 5.59. The minimum absolute atomic E-state index is 0.536. The van der Waals surface area contributed by atoms with Gasteiger partial charge in [-0.25, -0.2) is 4.98 Å². The van der Waals surface area contributed by atoms with E-state index in [9.17, 15) is 0 Å². The van der Waals surface area contributed by atoms with Crippen molar-refractivity contribution in [1.29, 1.82) is 0 Å². The summed E-state index contributed by atoms with van der Waals surface area (Å²) < 4.78 is 2.10. The Labute approximate surface area is 155 Å². The molecule has 140 valence electrons. The molecular weight excluding hydrogens is 324 g/mol. The Morgan fingerprint density at radius 1 is 1.27 bits per heavy atom. The van der Waals surface area contributed by atoms with Crippen LogP contribution in [0.4, 0.5) is 0 Å². The molecule has 2 fully saturated rings. The molecule has 0 spiro atoms. The Kier molecular flexibility index (Phi) is 5.11. The Hall–Kier alpha value is -2.08. The van der Waals surface area contributed by atoms with E-state index in [0.29, 0.717) is 6.04 Å². The lowest BCUT2D eigenvalue weighted by Gasteiger charge is -2.33. The topological polar surface area (TPSA) is 57.0 Å². The molecule has 0 radical (unpaired) electrons. The van der Waals surface area contributed by atoms with Crippen molar-refractivity contribution in [2.45, 2.75) is 51.1 Å². The number of pyridine rings is 1. The molecule has 2 aromatic heterocycles. The van der Waals surface area contributed by atoms with E-state index in [-0.39, 0.29) is 0 Å². The van der Waals surface area contributed by atoms with Crippen LogP contribution in [0.5, 0.6) is 0 Å². The zero-order chi connectivity index (χ0) is 17.9. The van der Waals surface area contributed by atoms with Gasteiger partial charge < -0.3 is 19.9 Å². The predicted molar refractivity (Wildman–Crippen MR) is 106 cm³/mol. The molecule has 3 heterocycles. The first-order chi connectivity index (χ1) is 12.7. The Morgan fingerprint density at radius 2 is 2.08 bits per heavy atom. The highest BCUT2D eigenvalue weighted by molar-refractivity contribution is 5.79. The van der Waals surface area contributed by atoms with Crippen molar-refractivity contribution in [2.24, 2.45) is 4.99 Å². The minimum Gasteiger partial charge on any atom is -0.356 e. The zero-order valence-corrected chi connectivity index (χ0v) is 15.9. The normalized spacial score (nSPS) is 19.8. The number of hydrogen-bond donors (Lipinski definition) is 2. The van der Waals surface area contributed by atoms with E-state index in [1.165, 1.54) is 44.3 Å². The van der Waals surface area contributed by atoms with Gasteiger partial charge in [0, 0.05) is 57.6 Å². The number of nitrogens with zero attached hydrogens (tertiary/aromatic N) is 4. The van der Waals surface area contributed by atoms with Crippen molar-refractivity contribution in [3.63, 3.8) is 0 Å². The molecular formula is C20H30N6. The molecule has 2 N–H and O–H groups in total. The average molecular weight is 355 g/mol. The molecule has 1 aliphatic heterocycles. The van der Waals surface area contributed by atoms with Gasteiger partial charge in [0.15, 0.2) is 5.96 Å². The monoisotopic (exact) mass is 354 g/mol. The van der Waals surface area contributed by atoms with Gasteiger partial charge in [-0.3, -0.25) is 4.99 Å². The van der Waals surface area contributed by atoms with E-state index in [2.05, 4.69) is 56.4 Å². The number of imidazole rings is 1. The molecule has 6 heteroatoms. The largest absolute Gasteiger partial charge is 0.356 e. The molecule has 6 nitrogen and oxygen atoms in total. The van der Waals surface area contributed by atoms with Crippen LogP contribution in [0.3, 0.4) is 0 Å². The zero-order valence-electron chi connectivity index (χ0n) is 15.9. The first-order valence-electron chi connectivity index (χ1n) is 9.87. The quantitative estimate of drug-likeness (QED) is 0.637.